The average molecular weight is 213 g/mol. The van der Waals surface area contributed by atoms with Gasteiger partial charge in [0.05, 0.1) is 0 Å². The third-order valence-corrected chi connectivity index (χ3v) is 4.29. The smallest absolute Gasteiger partial charge is 0.00190 e. The molecule has 1 nitrogen and oxygen atoms in total. The molecule has 0 amide bonds. The molecule has 1 atom stereocenters. The van der Waals surface area contributed by atoms with Crippen LogP contribution in [-0.2, 0) is 0 Å². The van der Waals surface area contributed by atoms with E-state index >= 15 is 0 Å². The van der Waals surface area contributed by atoms with Gasteiger partial charge in [-0.05, 0) is 51.5 Å². The molecule has 0 aromatic carbocycles. The summed E-state index contributed by atoms with van der Waals surface area (Å²) in [5.74, 6) is 1.01. The maximum atomic E-state index is 2.45. The Balaban J connectivity index is 0.000000461. The van der Waals surface area contributed by atoms with E-state index < -0.39 is 0 Å². The summed E-state index contributed by atoms with van der Waals surface area (Å²) in [6, 6.07) is 0. The molecule has 1 fully saturated rings. The lowest BCUT2D eigenvalue weighted by molar-refractivity contribution is 0.220. The van der Waals surface area contributed by atoms with Gasteiger partial charge in [-0.25, -0.2) is 0 Å². The minimum atomic E-state index is 1.01. The third kappa shape index (κ3) is 3.71. The predicted molar refractivity (Wildman–Crippen MR) is 67.5 cm³/mol. The van der Waals surface area contributed by atoms with Crippen molar-refractivity contribution in [2.75, 3.05) is 26.3 Å². The Morgan fingerprint density at radius 2 is 1.93 bits per heavy atom. The fourth-order valence-corrected chi connectivity index (χ4v) is 2.90. The van der Waals surface area contributed by atoms with Crippen LogP contribution in [0.25, 0.3) is 0 Å². The number of hydrogen-bond donors (Lipinski definition) is 0. The largest absolute Gasteiger partial charge is 0.306 e. The number of rotatable bonds is 2. The van der Waals surface area contributed by atoms with Gasteiger partial charge in [-0.1, -0.05) is 33.8 Å². The van der Waals surface area contributed by atoms with Crippen LogP contribution in [0.3, 0.4) is 0 Å². The molecular weight excluding hydrogens is 189 g/mol. The van der Waals surface area contributed by atoms with Crippen molar-refractivity contribution >= 4 is 8.58 Å². The van der Waals surface area contributed by atoms with Gasteiger partial charge in [-0.3, -0.25) is 0 Å². The molecular formula is C12H24NP. The van der Waals surface area contributed by atoms with E-state index in [0.717, 1.165) is 5.92 Å². The van der Waals surface area contributed by atoms with Crippen molar-refractivity contribution in [3.63, 3.8) is 0 Å². The van der Waals surface area contributed by atoms with Crippen molar-refractivity contribution in [3.8, 4) is 0 Å². The average Bonchev–Trinajstić information content (AvgIpc) is 2.17. The lowest BCUT2D eigenvalue weighted by Gasteiger charge is -2.30. The van der Waals surface area contributed by atoms with Gasteiger partial charge in [0.2, 0.25) is 0 Å². The van der Waals surface area contributed by atoms with Crippen LogP contribution in [0.2, 0.25) is 0 Å². The highest BCUT2D eigenvalue weighted by Gasteiger charge is 2.18. The van der Waals surface area contributed by atoms with Crippen molar-refractivity contribution in [1.29, 1.82) is 0 Å². The van der Waals surface area contributed by atoms with Crippen LogP contribution in [0.4, 0.5) is 0 Å². The van der Waals surface area contributed by atoms with Crippen LogP contribution in [0.15, 0.2) is 11.4 Å². The zero-order valence-corrected chi connectivity index (χ0v) is 10.8. The van der Waals surface area contributed by atoms with Gasteiger partial charge in [0.25, 0.3) is 0 Å². The number of piperidine rings is 1. The lowest BCUT2D eigenvalue weighted by atomic mass is 9.93. The molecule has 1 unspecified atom stereocenters. The van der Waals surface area contributed by atoms with Gasteiger partial charge >= 0.3 is 0 Å². The SMILES string of the molecule is CC.CN1CCC(CC2=CCP2)CC1. The van der Waals surface area contributed by atoms with E-state index in [1.165, 1.54) is 47.1 Å². The Bertz CT molecular complexity index is 181. The van der Waals surface area contributed by atoms with Crippen molar-refractivity contribution in [1.82, 2.24) is 4.90 Å². The highest BCUT2D eigenvalue weighted by molar-refractivity contribution is 7.45. The number of allylic oxidation sites excluding steroid dienone is 2. The molecule has 0 bridgehead atoms. The summed E-state index contributed by atoms with van der Waals surface area (Å²) < 4.78 is 0. The molecule has 0 aromatic heterocycles. The molecule has 2 heteroatoms. The molecule has 0 spiro atoms. The first kappa shape index (κ1) is 12.2. The zero-order chi connectivity index (χ0) is 10.4. The van der Waals surface area contributed by atoms with Crippen molar-refractivity contribution in [2.45, 2.75) is 33.1 Å². The Morgan fingerprint density at radius 1 is 1.36 bits per heavy atom. The highest BCUT2D eigenvalue weighted by atomic mass is 31.1. The predicted octanol–water partition coefficient (Wildman–Crippen LogP) is 3.32. The zero-order valence-electron chi connectivity index (χ0n) is 9.84. The lowest BCUT2D eigenvalue weighted by Crippen LogP contribution is -2.30. The van der Waals surface area contributed by atoms with E-state index in [1.54, 1.807) is 5.31 Å². The fraction of sp³-hybridized carbons (Fsp3) is 0.833. The second kappa shape index (κ2) is 6.58. The number of likely N-dealkylation sites (tertiary alicyclic amines) is 1. The molecule has 0 saturated carbocycles. The summed E-state index contributed by atoms with van der Waals surface area (Å²) in [5.41, 5.74) is 0. The van der Waals surface area contributed by atoms with Crippen LogP contribution < -0.4 is 0 Å². The number of hydrogen-bond acceptors (Lipinski definition) is 1. The van der Waals surface area contributed by atoms with Gasteiger partial charge in [0.1, 0.15) is 0 Å². The number of nitrogens with zero attached hydrogens (tertiary/aromatic N) is 1. The second-order valence-corrected chi connectivity index (χ2v) is 5.47. The first-order valence-electron chi connectivity index (χ1n) is 5.96. The summed E-state index contributed by atoms with van der Waals surface area (Å²) in [6.45, 7) is 6.64. The minimum absolute atomic E-state index is 1.01. The maximum absolute atomic E-state index is 2.45. The van der Waals surface area contributed by atoms with Gasteiger partial charge < -0.3 is 4.90 Å². The summed E-state index contributed by atoms with van der Waals surface area (Å²) in [5, 5.41) is 1.77. The summed E-state index contributed by atoms with van der Waals surface area (Å²) >= 11 is 0. The maximum Gasteiger partial charge on any atom is -0.00190 e. The Hall–Kier alpha value is 0.130. The Labute approximate surface area is 90.7 Å². The van der Waals surface area contributed by atoms with Gasteiger partial charge in [-0.2, -0.15) is 0 Å². The molecule has 2 aliphatic rings. The third-order valence-electron chi connectivity index (χ3n) is 3.02. The monoisotopic (exact) mass is 213 g/mol. The van der Waals surface area contributed by atoms with Crippen LogP contribution in [0, 0.1) is 5.92 Å². The van der Waals surface area contributed by atoms with Crippen molar-refractivity contribution < 1.29 is 0 Å². The quantitative estimate of drug-likeness (QED) is 0.636. The normalized spacial score (nSPS) is 24.9. The first-order chi connectivity index (χ1) is 6.84. The molecule has 0 radical (unpaired) electrons. The van der Waals surface area contributed by atoms with Gasteiger partial charge in [0, 0.05) is 0 Å². The molecule has 2 heterocycles. The van der Waals surface area contributed by atoms with Gasteiger partial charge in [0.15, 0.2) is 0 Å². The fourth-order valence-electron chi connectivity index (χ4n) is 1.98. The first-order valence-corrected chi connectivity index (χ1v) is 7.17. The van der Waals surface area contributed by atoms with Crippen LogP contribution in [-0.4, -0.2) is 31.2 Å². The molecule has 2 aliphatic heterocycles. The van der Waals surface area contributed by atoms with E-state index in [-0.39, 0.29) is 0 Å². The summed E-state index contributed by atoms with van der Waals surface area (Å²) in [6.07, 6.45) is 8.10. The molecule has 0 N–H and O–H groups in total. The molecule has 2 rings (SSSR count). The Kier molecular flexibility index (Phi) is 5.74. The van der Waals surface area contributed by atoms with Crippen molar-refractivity contribution in [2.24, 2.45) is 5.92 Å². The van der Waals surface area contributed by atoms with Crippen LogP contribution >= 0.6 is 8.58 Å². The topological polar surface area (TPSA) is 3.24 Å². The molecule has 14 heavy (non-hydrogen) atoms. The molecule has 82 valence electrons. The summed E-state index contributed by atoms with van der Waals surface area (Å²) in [4.78, 5) is 2.45. The van der Waals surface area contributed by atoms with Gasteiger partial charge in [-0.15, -0.1) is 0 Å². The molecule has 0 aromatic rings. The second-order valence-electron chi connectivity index (χ2n) is 4.06. The highest BCUT2D eigenvalue weighted by Crippen LogP contribution is 2.39. The van der Waals surface area contributed by atoms with Crippen LogP contribution in [0.5, 0.6) is 0 Å². The van der Waals surface area contributed by atoms with E-state index in [0.29, 0.717) is 0 Å². The van der Waals surface area contributed by atoms with E-state index in [4.69, 9.17) is 0 Å². The molecule has 0 aliphatic carbocycles. The molecule has 1 saturated heterocycles. The summed E-state index contributed by atoms with van der Waals surface area (Å²) in [7, 11) is 3.41. The van der Waals surface area contributed by atoms with E-state index in [9.17, 15) is 0 Å². The van der Waals surface area contributed by atoms with Crippen LogP contribution in [0.1, 0.15) is 33.1 Å². The minimum Gasteiger partial charge on any atom is -0.306 e. The Morgan fingerprint density at radius 3 is 2.36 bits per heavy atom. The van der Waals surface area contributed by atoms with E-state index in [2.05, 4.69) is 18.0 Å². The van der Waals surface area contributed by atoms with Crippen molar-refractivity contribution in [3.05, 3.63) is 11.4 Å². The standard InChI is InChI=1S/C10H18NP.C2H6/c1-11-5-2-9(3-6-11)8-10-4-7-12-10;1-2/h4,9,12H,2-3,5-8H2,1H3;1-2H3. The van der Waals surface area contributed by atoms with E-state index in [1.807, 2.05) is 13.8 Å².